The van der Waals surface area contributed by atoms with E-state index in [1.165, 1.54) is 26.4 Å². The molecule has 0 atom stereocenters. The van der Waals surface area contributed by atoms with Crippen molar-refractivity contribution in [2.45, 2.75) is 34.6 Å². The van der Waals surface area contributed by atoms with Crippen LogP contribution in [0.4, 0.5) is 0 Å². The highest BCUT2D eigenvalue weighted by Gasteiger charge is 1.95. The van der Waals surface area contributed by atoms with Crippen LogP contribution >= 0.6 is 0 Å². The van der Waals surface area contributed by atoms with Gasteiger partial charge in [0.1, 0.15) is 0 Å². The van der Waals surface area contributed by atoms with E-state index in [-0.39, 0.29) is 0 Å². The highest BCUT2D eigenvalue weighted by atomic mass is 14.0. The molecule has 3 aromatic carbocycles. The fourth-order valence-corrected chi connectivity index (χ4v) is 2.62. The van der Waals surface area contributed by atoms with Crippen LogP contribution in [0.3, 0.4) is 0 Å². The quantitative estimate of drug-likeness (QED) is 0.522. The smallest absolute Gasteiger partial charge is 0.0102 e. The van der Waals surface area contributed by atoms with Crippen molar-refractivity contribution in [1.82, 2.24) is 0 Å². The Morgan fingerprint density at radius 3 is 1.96 bits per heavy atom. The van der Waals surface area contributed by atoms with Gasteiger partial charge in [0, 0.05) is 0 Å². The minimum Gasteiger partial charge on any atom is -0.0911 e. The van der Waals surface area contributed by atoms with Gasteiger partial charge in [-0.05, 0) is 38.6 Å². The Kier molecular flexibility index (Phi) is 7.83. The number of fused-ring (bicyclic) bond motifs is 1. The molecule has 0 saturated heterocycles. The molecular formula is C23H28. The summed E-state index contributed by atoms with van der Waals surface area (Å²) in [6.45, 7) is 14.2. The van der Waals surface area contributed by atoms with Crippen LogP contribution in [0.15, 0.2) is 60.7 Å². The van der Waals surface area contributed by atoms with Gasteiger partial charge in [-0.1, -0.05) is 101 Å². The predicted molar refractivity (Wildman–Crippen MR) is 106 cm³/mol. The molecule has 0 heterocycles. The molecule has 0 saturated carbocycles. The molecule has 0 heteroatoms. The normalized spacial score (nSPS) is 12.0. The molecule has 0 aliphatic heterocycles. The molecule has 0 nitrogen and oxygen atoms in total. The lowest BCUT2D eigenvalue weighted by molar-refractivity contribution is 1.43. The zero-order valence-electron chi connectivity index (χ0n) is 15.1. The molecule has 0 radical (unpaired) electrons. The fraction of sp³-hybridized carbons (Fsp3) is 0.217. The van der Waals surface area contributed by atoms with Crippen molar-refractivity contribution < 1.29 is 0 Å². The second-order valence-electron chi connectivity index (χ2n) is 4.69. The zero-order chi connectivity index (χ0) is 17.2. The maximum Gasteiger partial charge on any atom is -0.0102 e. The van der Waals surface area contributed by atoms with E-state index < -0.39 is 0 Å². The van der Waals surface area contributed by atoms with E-state index in [1.807, 2.05) is 33.8 Å². The molecule has 0 bridgehead atoms. The summed E-state index contributed by atoms with van der Waals surface area (Å²) in [4.78, 5) is 0. The van der Waals surface area contributed by atoms with Gasteiger partial charge in [-0.2, -0.15) is 0 Å². The molecule has 23 heavy (non-hydrogen) atoms. The van der Waals surface area contributed by atoms with Crippen molar-refractivity contribution in [2.24, 2.45) is 0 Å². The van der Waals surface area contributed by atoms with Gasteiger partial charge in [-0.25, -0.2) is 0 Å². The molecular weight excluding hydrogens is 276 g/mol. The predicted octanol–water partition coefficient (Wildman–Crippen LogP) is 5.39. The summed E-state index contributed by atoms with van der Waals surface area (Å²) in [7, 11) is 0. The lowest BCUT2D eigenvalue weighted by atomic mass is 10.0. The van der Waals surface area contributed by atoms with Crippen molar-refractivity contribution in [3.8, 4) is 0 Å². The molecule has 0 aliphatic carbocycles. The SMILES string of the molecule is C=c1cccc/c1=c1\ccc2ccccc2\c1=C\C.CC.CC. The zero-order valence-corrected chi connectivity index (χ0v) is 15.1. The Balaban J connectivity index is 0.000000615. The fourth-order valence-electron chi connectivity index (χ4n) is 2.62. The Labute approximate surface area is 140 Å². The molecule has 0 spiro atoms. The minimum atomic E-state index is 1.07. The van der Waals surface area contributed by atoms with Crippen molar-refractivity contribution in [3.05, 3.63) is 81.5 Å². The van der Waals surface area contributed by atoms with Gasteiger partial charge in [-0.3, -0.25) is 0 Å². The van der Waals surface area contributed by atoms with Crippen LogP contribution in [-0.2, 0) is 0 Å². The van der Waals surface area contributed by atoms with E-state index in [2.05, 4.69) is 74.2 Å². The standard InChI is InChI=1S/C19H16.2C2H6/c1-3-16-18-11-7-5-9-15(18)12-13-19(16)17-10-6-4-8-14(17)2;2*1-2/h3-13H,2H2,1H3;2*1-2H3/b16-3-,19-17-;;. The average molecular weight is 304 g/mol. The molecule has 0 unspecified atom stereocenters. The molecule has 0 aromatic heterocycles. The topological polar surface area (TPSA) is 0 Å². The van der Waals surface area contributed by atoms with Crippen molar-refractivity contribution in [2.75, 3.05) is 0 Å². The van der Waals surface area contributed by atoms with Crippen molar-refractivity contribution in [3.63, 3.8) is 0 Å². The Morgan fingerprint density at radius 1 is 0.696 bits per heavy atom. The Bertz CT molecular complexity index is 934. The lowest BCUT2D eigenvalue weighted by Crippen LogP contribution is -2.09. The second kappa shape index (κ2) is 9.63. The van der Waals surface area contributed by atoms with E-state index in [0.717, 1.165) is 5.22 Å². The van der Waals surface area contributed by atoms with Gasteiger partial charge in [0.05, 0.1) is 0 Å². The van der Waals surface area contributed by atoms with Gasteiger partial charge >= 0.3 is 0 Å². The van der Waals surface area contributed by atoms with E-state index in [1.54, 1.807) is 0 Å². The van der Waals surface area contributed by atoms with Crippen LogP contribution in [0.5, 0.6) is 0 Å². The average Bonchev–Trinajstić information content (AvgIpc) is 2.64. The van der Waals surface area contributed by atoms with Crippen LogP contribution in [0.1, 0.15) is 34.6 Å². The molecule has 120 valence electrons. The Morgan fingerprint density at radius 2 is 1.30 bits per heavy atom. The van der Waals surface area contributed by atoms with Gasteiger partial charge in [-0.15, -0.1) is 0 Å². The maximum atomic E-state index is 4.14. The van der Waals surface area contributed by atoms with Crippen LogP contribution in [-0.4, -0.2) is 0 Å². The summed E-state index contributed by atoms with van der Waals surface area (Å²) in [5.74, 6) is 0. The third kappa shape index (κ3) is 4.10. The van der Waals surface area contributed by atoms with Crippen LogP contribution in [0, 0.1) is 10.4 Å². The maximum absolute atomic E-state index is 4.14. The van der Waals surface area contributed by atoms with Crippen molar-refractivity contribution in [1.29, 1.82) is 0 Å². The van der Waals surface area contributed by atoms with Gasteiger partial charge in [0.25, 0.3) is 0 Å². The number of benzene rings is 3. The molecule has 0 amide bonds. The lowest BCUT2D eigenvalue weighted by Gasteiger charge is -2.00. The second-order valence-corrected chi connectivity index (χ2v) is 4.69. The number of rotatable bonds is 0. The van der Waals surface area contributed by atoms with Gasteiger partial charge in [0.2, 0.25) is 0 Å². The van der Waals surface area contributed by atoms with E-state index in [9.17, 15) is 0 Å². The summed E-state index contributed by atoms with van der Waals surface area (Å²) in [5, 5.41) is 7.40. The van der Waals surface area contributed by atoms with Gasteiger partial charge in [0.15, 0.2) is 0 Å². The monoisotopic (exact) mass is 304 g/mol. The third-order valence-electron chi connectivity index (χ3n) is 3.57. The molecule has 0 N–H and O–H groups in total. The molecule has 3 rings (SSSR count). The first-order valence-corrected chi connectivity index (χ1v) is 8.53. The minimum absolute atomic E-state index is 1.07. The van der Waals surface area contributed by atoms with Gasteiger partial charge < -0.3 is 0 Å². The highest BCUT2D eigenvalue weighted by Crippen LogP contribution is 2.09. The molecule has 3 aromatic rings. The Hall–Kier alpha value is -2.34. The third-order valence-corrected chi connectivity index (χ3v) is 3.57. The summed E-state index contributed by atoms with van der Waals surface area (Å²) >= 11 is 0. The van der Waals surface area contributed by atoms with E-state index in [4.69, 9.17) is 0 Å². The van der Waals surface area contributed by atoms with Crippen LogP contribution < -0.4 is 10.4 Å². The summed E-state index contributed by atoms with van der Waals surface area (Å²) in [6, 6.07) is 21.2. The summed E-state index contributed by atoms with van der Waals surface area (Å²) in [6.07, 6.45) is 2.18. The van der Waals surface area contributed by atoms with E-state index >= 15 is 0 Å². The summed E-state index contributed by atoms with van der Waals surface area (Å²) in [5.41, 5.74) is 0. The van der Waals surface area contributed by atoms with Crippen LogP contribution in [0.25, 0.3) is 23.4 Å². The highest BCUT2D eigenvalue weighted by molar-refractivity contribution is 5.83. The first-order chi connectivity index (χ1) is 11.3. The van der Waals surface area contributed by atoms with Crippen molar-refractivity contribution >= 4 is 23.4 Å². The molecule has 0 fully saturated rings. The molecule has 0 aliphatic rings. The van der Waals surface area contributed by atoms with E-state index in [0.29, 0.717) is 0 Å². The number of hydrogen-bond acceptors (Lipinski definition) is 0. The first-order valence-electron chi connectivity index (χ1n) is 8.53. The summed E-state index contributed by atoms with van der Waals surface area (Å²) < 4.78 is 0. The largest absolute Gasteiger partial charge is 0.0911 e. The number of hydrogen-bond donors (Lipinski definition) is 0. The van der Waals surface area contributed by atoms with Crippen LogP contribution in [0.2, 0.25) is 0 Å². The first kappa shape index (κ1) is 18.7.